The van der Waals surface area contributed by atoms with E-state index in [2.05, 4.69) is 81.5 Å². The van der Waals surface area contributed by atoms with Gasteiger partial charge in [0.1, 0.15) is 6.61 Å². The third-order valence-electron chi connectivity index (χ3n) is 11.0. The predicted molar refractivity (Wildman–Crippen MR) is 261 cm³/mol. The van der Waals surface area contributed by atoms with Crippen molar-refractivity contribution < 1.29 is 23.8 Å². The van der Waals surface area contributed by atoms with Crippen molar-refractivity contribution in [1.29, 1.82) is 0 Å². The smallest absolute Gasteiger partial charge is 0.306 e. The van der Waals surface area contributed by atoms with Gasteiger partial charge in [-0.3, -0.25) is 9.59 Å². The molecule has 5 nitrogen and oxygen atoms in total. The number of hydrogen-bond acceptors (Lipinski definition) is 5. The minimum atomic E-state index is -0.542. The molecule has 0 aromatic rings. The van der Waals surface area contributed by atoms with Crippen LogP contribution >= 0.6 is 0 Å². The molecule has 0 saturated carbocycles. The minimum Gasteiger partial charge on any atom is -0.462 e. The van der Waals surface area contributed by atoms with E-state index in [1.54, 1.807) is 0 Å². The molecule has 5 heteroatoms. The Labute approximate surface area is 373 Å². The largest absolute Gasteiger partial charge is 0.462 e. The molecule has 0 aromatic carbocycles. The highest BCUT2D eigenvalue weighted by atomic mass is 16.6. The maximum atomic E-state index is 12.7. The lowest BCUT2D eigenvalue weighted by atomic mass is 10.1. The van der Waals surface area contributed by atoms with Crippen LogP contribution in [-0.2, 0) is 23.8 Å². The molecular formula is C55H98O5. The van der Waals surface area contributed by atoms with E-state index in [4.69, 9.17) is 14.2 Å². The summed E-state index contributed by atoms with van der Waals surface area (Å²) in [6.07, 6.45) is 63.8. The van der Waals surface area contributed by atoms with Crippen LogP contribution in [0, 0.1) is 0 Å². The van der Waals surface area contributed by atoms with E-state index >= 15 is 0 Å². The first-order valence-electron chi connectivity index (χ1n) is 25.8. The fourth-order valence-electron chi connectivity index (χ4n) is 7.20. The van der Waals surface area contributed by atoms with Gasteiger partial charge < -0.3 is 14.2 Å². The second-order valence-corrected chi connectivity index (χ2v) is 17.0. The average molecular weight is 839 g/mol. The van der Waals surface area contributed by atoms with Crippen molar-refractivity contribution in [2.24, 2.45) is 0 Å². The molecule has 0 bridgehead atoms. The lowest BCUT2D eigenvalue weighted by molar-refractivity contribution is -0.163. The molecule has 0 radical (unpaired) electrons. The summed E-state index contributed by atoms with van der Waals surface area (Å²) in [4.78, 5) is 25.3. The SMILES string of the molecule is CC/C=C\C/C=C\C/C=C\CCCCCCCC(=O)OCC(COCCCCCCCCCCCC/C=C\C/C=C\CCCCC)OC(=O)CCCCCCCCCCC. The molecule has 0 fully saturated rings. The highest BCUT2D eigenvalue weighted by Crippen LogP contribution is 2.14. The second kappa shape index (κ2) is 51.0. The molecule has 0 spiro atoms. The summed E-state index contributed by atoms with van der Waals surface area (Å²) in [6, 6.07) is 0. The van der Waals surface area contributed by atoms with Crippen LogP contribution in [0.5, 0.6) is 0 Å². The number of esters is 2. The summed E-state index contributed by atoms with van der Waals surface area (Å²) in [6.45, 7) is 7.67. The summed E-state index contributed by atoms with van der Waals surface area (Å²) in [5, 5.41) is 0. The molecule has 0 N–H and O–H groups in total. The summed E-state index contributed by atoms with van der Waals surface area (Å²) < 4.78 is 17.4. The Balaban J connectivity index is 4.18. The van der Waals surface area contributed by atoms with Crippen molar-refractivity contribution >= 4 is 11.9 Å². The highest BCUT2D eigenvalue weighted by molar-refractivity contribution is 5.70. The van der Waals surface area contributed by atoms with Gasteiger partial charge in [0, 0.05) is 19.4 Å². The van der Waals surface area contributed by atoms with Crippen LogP contribution in [-0.4, -0.2) is 37.9 Å². The molecule has 1 unspecified atom stereocenters. The first-order chi connectivity index (χ1) is 29.6. The summed E-state index contributed by atoms with van der Waals surface area (Å²) >= 11 is 0. The van der Waals surface area contributed by atoms with E-state index in [0.717, 1.165) is 77.0 Å². The van der Waals surface area contributed by atoms with Crippen molar-refractivity contribution in [3.8, 4) is 0 Å². The Morgan fingerprint density at radius 1 is 0.383 bits per heavy atom. The molecule has 0 aromatic heterocycles. The quantitative estimate of drug-likeness (QED) is 0.0347. The Morgan fingerprint density at radius 3 is 1.23 bits per heavy atom. The van der Waals surface area contributed by atoms with Gasteiger partial charge in [0.15, 0.2) is 6.10 Å². The van der Waals surface area contributed by atoms with Crippen molar-refractivity contribution in [2.75, 3.05) is 19.8 Å². The van der Waals surface area contributed by atoms with Gasteiger partial charge in [-0.25, -0.2) is 0 Å². The Bertz CT molecular complexity index is 1040. The predicted octanol–water partition coefficient (Wildman–Crippen LogP) is 17.3. The highest BCUT2D eigenvalue weighted by Gasteiger charge is 2.17. The molecule has 1 atom stereocenters. The normalized spacial score (nSPS) is 12.7. The number of hydrogen-bond donors (Lipinski definition) is 0. The van der Waals surface area contributed by atoms with E-state index in [1.165, 1.54) is 141 Å². The van der Waals surface area contributed by atoms with Crippen LogP contribution in [0.3, 0.4) is 0 Å². The molecular weight excluding hydrogens is 741 g/mol. The van der Waals surface area contributed by atoms with Gasteiger partial charge in [0.2, 0.25) is 0 Å². The van der Waals surface area contributed by atoms with Crippen molar-refractivity contribution in [3.63, 3.8) is 0 Å². The maximum Gasteiger partial charge on any atom is 0.306 e. The fraction of sp³-hybridized carbons (Fsp3) is 0.782. The van der Waals surface area contributed by atoms with Gasteiger partial charge >= 0.3 is 11.9 Å². The summed E-state index contributed by atoms with van der Waals surface area (Å²) in [7, 11) is 0. The second-order valence-electron chi connectivity index (χ2n) is 17.0. The maximum absolute atomic E-state index is 12.7. The lowest BCUT2D eigenvalue weighted by Crippen LogP contribution is -2.30. The molecule has 0 amide bonds. The Kier molecular flexibility index (Phi) is 48.9. The standard InChI is InChI=1S/C55H98O5/c1-4-7-10-13-16-19-21-23-25-26-27-28-29-31-33-35-38-41-44-47-50-58-51-53(60-55(57)49-46-43-40-36-18-15-12-9-6-3)52-59-54(56)48-45-42-39-37-34-32-30-24-22-20-17-14-11-8-5-2/h8,11,16-17,19-20,23-25,30,53H,4-7,9-10,12-15,18,21-22,26-29,31-52H2,1-3H3/b11-8-,19-16-,20-17-,25-23-,30-24-. The molecule has 348 valence electrons. The molecule has 60 heavy (non-hydrogen) atoms. The third kappa shape index (κ3) is 48.3. The molecule has 0 heterocycles. The van der Waals surface area contributed by atoms with Gasteiger partial charge in [-0.1, -0.05) is 216 Å². The van der Waals surface area contributed by atoms with E-state index in [-0.39, 0.29) is 25.2 Å². The number of allylic oxidation sites excluding steroid dienone is 10. The van der Waals surface area contributed by atoms with Crippen molar-refractivity contribution in [3.05, 3.63) is 60.8 Å². The number of carbonyl (C=O) groups is 2. The van der Waals surface area contributed by atoms with Gasteiger partial charge in [0.05, 0.1) is 6.61 Å². The first-order valence-corrected chi connectivity index (χ1v) is 25.8. The zero-order valence-electron chi connectivity index (χ0n) is 40.0. The van der Waals surface area contributed by atoms with Crippen LogP contribution in [0.1, 0.15) is 252 Å². The van der Waals surface area contributed by atoms with E-state index in [1.807, 2.05) is 0 Å². The topological polar surface area (TPSA) is 61.8 Å². The summed E-state index contributed by atoms with van der Waals surface area (Å²) in [5.74, 6) is -0.415. The van der Waals surface area contributed by atoms with Gasteiger partial charge in [0.25, 0.3) is 0 Å². The van der Waals surface area contributed by atoms with Crippen LogP contribution in [0.15, 0.2) is 60.8 Å². The molecule has 0 saturated heterocycles. The van der Waals surface area contributed by atoms with E-state index in [0.29, 0.717) is 19.4 Å². The van der Waals surface area contributed by atoms with Gasteiger partial charge in [-0.15, -0.1) is 0 Å². The number of rotatable bonds is 47. The third-order valence-corrected chi connectivity index (χ3v) is 11.0. The van der Waals surface area contributed by atoms with Crippen LogP contribution in [0.25, 0.3) is 0 Å². The van der Waals surface area contributed by atoms with Crippen molar-refractivity contribution in [1.82, 2.24) is 0 Å². The fourth-order valence-corrected chi connectivity index (χ4v) is 7.20. The van der Waals surface area contributed by atoms with Gasteiger partial charge in [-0.05, 0) is 83.5 Å². The van der Waals surface area contributed by atoms with E-state index in [9.17, 15) is 9.59 Å². The zero-order valence-corrected chi connectivity index (χ0v) is 40.0. The number of unbranched alkanes of at least 4 members (excludes halogenated alkanes) is 26. The molecule has 0 rings (SSSR count). The van der Waals surface area contributed by atoms with Gasteiger partial charge in [-0.2, -0.15) is 0 Å². The minimum absolute atomic E-state index is 0.0762. The lowest BCUT2D eigenvalue weighted by Gasteiger charge is -2.18. The number of ether oxygens (including phenoxy) is 3. The summed E-state index contributed by atoms with van der Waals surface area (Å²) in [5.41, 5.74) is 0. The van der Waals surface area contributed by atoms with Crippen LogP contribution in [0.2, 0.25) is 0 Å². The van der Waals surface area contributed by atoms with Crippen LogP contribution in [0.4, 0.5) is 0 Å². The number of carbonyl (C=O) groups excluding carboxylic acids is 2. The molecule has 0 aliphatic carbocycles. The monoisotopic (exact) mass is 839 g/mol. The Morgan fingerprint density at radius 2 is 0.750 bits per heavy atom. The van der Waals surface area contributed by atoms with E-state index < -0.39 is 6.10 Å². The van der Waals surface area contributed by atoms with Crippen LogP contribution < -0.4 is 0 Å². The Hall–Kier alpha value is -2.40. The molecule has 0 aliphatic rings. The average Bonchev–Trinajstić information content (AvgIpc) is 3.25. The van der Waals surface area contributed by atoms with Crippen molar-refractivity contribution in [2.45, 2.75) is 258 Å². The first kappa shape index (κ1) is 57.6. The molecule has 0 aliphatic heterocycles. The zero-order chi connectivity index (χ0) is 43.5.